The van der Waals surface area contributed by atoms with Crippen molar-refractivity contribution in [2.75, 3.05) is 0 Å². The third-order valence-electron chi connectivity index (χ3n) is 2.01. The third-order valence-corrected chi connectivity index (χ3v) is 2.01. The summed E-state index contributed by atoms with van der Waals surface area (Å²) in [5, 5.41) is 10.6. The van der Waals surface area contributed by atoms with E-state index in [1.165, 1.54) is 0 Å². The van der Waals surface area contributed by atoms with Gasteiger partial charge in [-0.1, -0.05) is 20.8 Å². The maximum Gasteiger partial charge on any atom is 0.366 e. The number of nitrogens with zero attached hydrogens (tertiary/aromatic N) is 2. The fraction of sp³-hybridized carbons (Fsp3) is 0.500. The molecule has 0 radical (unpaired) electrons. The Kier molecular flexibility index (Phi) is 2.55. The minimum atomic E-state index is -0.440. The highest BCUT2D eigenvalue weighted by molar-refractivity contribution is 5.34. The predicted molar refractivity (Wildman–Crippen MR) is 54.3 cm³/mol. The lowest BCUT2D eigenvalue weighted by Gasteiger charge is -2.13. The normalized spacial score (nSPS) is 11.4. The van der Waals surface area contributed by atoms with E-state index in [0.29, 0.717) is 5.56 Å². The van der Waals surface area contributed by atoms with Gasteiger partial charge in [0.2, 0.25) is 0 Å². The molecule has 1 rings (SSSR count). The predicted octanol–water partition coefficient (Wildman–Crippen LogP) is 2.60. The number of pyridine rings is 1. The molecule has 0 aliphatic rings. The van der Waals surface area contributed by atoms with E-state index in [4.69, 9.17) is 0 Å². The van der Waals surface area contributed by atoms with Crippen molar-refractivity contribution in [3.63, 3.8) is 0 Å². The average Bonchev–Trinajstić information content (AvgIpc) is 2.02. The Bertz CT molecular complexity index is 367. The van der Waals surface area contributed by atoms with Gasteiger partial charge in [-0.05, 0) is 29.0 Å². The quantitative estimate of drug-likeness (QED) is 0.510. The molecule has 0 atom stereocenters. The van der Waals surface area contributed by atoms with E-state index < -0.39 is 4.92 Å². The summed E-state index contributed by atoms with van der Waals surface area (Å²) in [5.41, 5.74) is 1.19. The number of rotatable bonds is 1. The van der Waals surface area contributed by atoms with Crippen LogP contribution in [0, 0.1) is 17.0 Å². The van der Waals surface area contributed by atoms with Crippen LogP contribution in [-0.2, 0) is 5.41 Å². The molecule has 0 spiro atoms. The zero-order valence-corrected chi connectivity index (χ0v) is 8.87. The number of nitro groups is 1. The molecule has 0 aromatic carbocycles. The van der Waals surface area contributed by atoms with Crippen molar-refractivity contribution in [1.82, 2.24) is 4.98 Å². The topological polar surface area (TPSA) is 56.0 Å². The molecule has 1 aromatic heterocycles. The van der Waals surface area contributed by atoms with Crippen LogP contribution in [0.2, 0.25) is 0 Å². The fourth-order valence-corrected chi connectivity index (χ4v) is 1.12. The Morgan fingerprint density at radius 1 is 1.36 bits per heavy atom. The molecule has 4 heteroatoms. The van der Waals surface area contributed by atoms with E-state index in [2.05, 4.69) is 4.98 Å². The van der Waals surface area contributed by atoms with E-state index >= 15 is 0 Å². The summed E-state index contributed by atoms with van der Waals surface area (Å²) in [6.45, 7) is 7.63. The van der Waals surface area contributed by atoms with Crippen LogP contribution in [0.4, 0.5) is 5.82 Å². The molecule has 1 heterocycles. The Labute approximate surface area is 83.1 Å². The molecule has 0 saturated heterocycles. The SMILES string of the molecule is Cc1ccc(C(C)(C)C)nc1[N+](=O)[O-]. The van der Waals surface area contributed by atoms with Crippen molar-refractivity contribution in [3.05, 3.63) is 33.5 Å². The second-order valence-electron chi connectivity index (χ2n) is 4.34. The van der Waals surface area contributed by atoms with E-state index in [1.807, 2.05) is 26.8 Å². The maximum absolute atomic E-state index is 10.6. The van der Waals surface area contributed by atoms with Gasteiger partial charge in [0.15, 0.2) is 5.69 Å². The van der Waals surface area contributed by atoms with E-state index in [0.717, 1.165) is 5.69 Å². The summed E-state index contributed by atoms with van der Waals surface area (Å²) in [5.74, 6) is -0.0441. The summed E-state index contributed by atoms with van der Waals surface area (Å²) in [4.78, 5) is 14.2. The van der Waals surface area contributed by atoms with Gasteiger partial charge in [0.1, 0.15) is 0 Å². The maximum atomic E-state index is 10.6. The lowest BCUT2D eigenvalue weighted by molar-refractivity contribution is -0.390. The lowest BCUT2D eigenvalue weighted by atomic mass is 9.91. The molecule has 0 unspecified atom stereocenters. The van der Waals surface area contributed by atoms with Crippen molar-refractivity contribution in [3.8, 4) is 0 Å². The summed E-state index contributed by atoms with van der Waals surface area (Å²) in [6, 6.07) is 3.58. The van der Waals surface area contributed by atoms with E-state index in [-0.39, 0.29) is 11.2 Å². The first-order valence-electron chi connectivity index (χ1n) is 4.45. The van der Waals surface area contributed by atoms with Crippen LogP contribution in [0.15, 0.2) is 12.1 Å². The van der Waals surface area contributed by atoms with Gasteiger partial charge in [-0.3, -0.25) is 0 Å². The number of aryl methyl sites for hydroxylation is 1. The van der Waals surface area contributed by atoms with Crippen LogP contribution in [0.1, 0.15) is 32.0 Å². The molecule has 1 aromatic rings. The largest absolute Gasteiger partial charge is 0.366 e. The van der Waals surface area contributed by atoms with Gasteiger partial charge < -0.3 is 10.1 Å². The fourth-order valence-electron chi connectivity index (χ4n) is 1.12. The summed E-state index contributed by atoms with van der Waals surface area (Å²) in [6.07, 6.45) is 0. The van der Waals surface area contributed by atoms with Crippen LogP contribution in [-0.4, -0.2) is 9.91 Å². The highest BCUT2D eigenvalue weighted by Crippen LogP contribution is 2.24. The summed E-state index contributed by atoms with van der Waals surface area (Å²) in [7, 11) is 0. The molecule has 4 nitrogen and oxygen atoms in total. The molecule has 76 valence electrons. The minimum Gasteiger partial charge on any atom is -0.358 e. The second kappa shape index (κ2) is 3.36. The van der Waals surface area contributed by atoms with Crippen LogP contribution in [0.5, 0.6) is 0 Å². The first kappa shape index (κ1) is 10.6. The molecule has 0 fully saturated rings. The van der Waals surface area contributed by atoms with Crippen LogP contribution in [0.25, 0.3) is 0 Å². The second-order valence-corrected chi connectivity index (χ2v) is 4.34. The molecule has 0 N–H and O–H groups in total. The summed E-state index contributed by atoms with van der Waals surface area (Å²) >= 11 is 0. The zero-order chi connectivity index (χ0) is 10.9. The van der Waals surface area contributed by atoms with E-state index in [1.54, 1.807) is 13.0 Å². The van der Waals surface area contributed by atoms with Gasteiger partial charge in [0, 0.05) is 11.0 Å². The zero-order valence-electron chi connectivity index (χ0n) is 8.87. The minimum absolute atomic E-state index is 0.0441. The Balaban J connectivity index is 3.27. The highest BCUT2D eigenvalue weighted by atomic mass is 16.6. The van der Waals surface area contributed by atoms with Gasteiger partial charge >= 0.3 is 5.82 Å². The van der Waals surface area contributed by atoms with Crippen LogP contribution in [0.3, 0.4) is 0 Å². The highest BCUT2D eigenvalue weighted by Gasteiger charge is 2.23. The van der Waals surface area contributed by atoms with Crippen molar-refractivity contribution in [2.45, 2.75) is 33.1 Å². The Morgan fingerprint density at radius 3 is 2.36 bits per heavy atom. The third kappa shape index (κ3) is 2.07. The Morgan fingerprint density at radius 2 is 1.93 bits per heavy atom. The smallest absolute Gasteiger partial charge is 0.358 e. The molecule has 0 aliphatic heterocycles. The first-order valence-corrected chi connectivity index (χ1v) is 4.45. The summed E-state index contributed by atoms with van der Waals surface area (Å²) < 4.78 is 0. The van der Waals surface area contributed by atoms with Gasteiger partial charge in [0.25, 0.3) is 0 Å². The van der Waals surface area contributed by atoms with Gasteiger partial charge in [-0.25, -0.2) is 0 Å². The van der Waals surface area contributed by atoms with Crippen molar-refractivity contribution < 1.29 is 4.92 Å². The molecule has 0 amide bonds. The number of aromatic nitrogens is 1. The van der Waals surface area contributed by atoms with Crippen molar-refractivity contribution in [1.29, 1.82) is 0 Å². The van der Waals surface area contributed by atoms with Crippen LogP contribution < -0.4 is 0 Å². The monoisotopic (exact) mass is 194 g/mol. The molecular weight excluding hydrogens is 180 g/mol. The van der Waals surface area contributed by atoms with Gasteiger partial charge in [-0.2, -0.15) is 0 Å². The number of hydrogen-bond donors (Lipinski definition) is 0. The standard InChI is InChI=1S/C10H14N2O2/c1-7-5-6-8(10(2,3)4)11-9(7)12(13)14/h5-6H,1-4H3. The molecular formula is C10H14N2O2. The van der Waals surface area contributed by atoms with Crippen LogP contribution >= 0.6 is 0 Å². The first-order chi connectivity index (χ1) is 6.32. The molecule has 0 saturated carbocycles. The molecule has 0 bridgehead atoms. The van der Waals surface area contributed by atoms with Gasteiger partial charge in [-0.15, -0.1) is 0 Å². The lowest BCUT2D eigenvalue weighted by Crippen LogP contribution is -2.14. The Hall–Kier alpha value is -1.45. The van der Waals surface area contributed by atoms with Crippen molar-refractivity contribution in [2.24, 2.45) is 0 Å². The van der Waals surface area contributed by atoms with Crippen molar-refractivity contribution >= 4 is 5.82 Å². The van der Waals surface area contributed by atoms with Gasteiger partial charge in [0.05, 0.1) is 0 Å². The molecule has 14 heavy (non-hydrogen) atoms. The number of hydrogen-bond acceptors (Lipinski definition) is 3. The van der Waals surface area contributed by atoms with E-state index in [9.17, 15) is 10.1 Å². The molecule has 0 aliphatic carbocycles. The average molecular weight is 194 g/mol.